The van der Waals surface area contributed by atoms with Crippen molar-refractivity contribution in [1.82, 2.24) is 15.5 Å². The Labute approximate surface area is 68.8 Å². The van der Waals surface area contributed by atoms with Gasteiger partial charge in [0.25, 0.3) is 0 Å². The van der Waals surface area contributed by atoms with Crippen molar-refractivity contribution in [3.8, 4) is 0 Å². The molecule has 5 heteroatoms. The maximum atomic E-state index is 10.7. The molecular formula is C7H9N3O2. The van der Waals surface area contributed by atoms with Crippen molar-refractivity contribution >= 4 is 5.97 Å². The number of aromatic amines is 1. The van der Waals surface area contributed by atoms with Gasteiger partial charge in [0.1, 0.15) is 6.04 Å². The molecule has 64 valence electrons. The molecule has 1 aliphatic heterocycles. The molecule has 1 aromatic heterocycles. The third kappa shape index (κ3) is 0.984. The van der Waals surface area contributed by atoms with E-state index in [1.807, 2.05) is 0 Å². The lowest BCUT2D eigenvalue weighted by atomic mass is 10.0. The molecule has 1 atom stereocenters. The fourth-order valence-corrected chi connectivity index (χ4v) is 1.43. The van der Waals surface area contributed by atoms with E-state index in [-0.39, 0.29) is 0 Å². The van der Waals surface area contributed by atoms with Crippen LogP contribution in [-0.2, 0) is 11.2 Å². The van der Waals surface area contributed by atoms with E-state index in [9.17, 15) is 4.79 Å². The van der Waals surface area contributed by atoms with Crippen LogP contribution >= 0.6 is 0 Å². The zero-order valence-electron chi connectivity index (χ0n) is 6.37. The predicted octanol–water partition coefficient (Wildman–Crippen LogP) is -0.319. The maximum absolute atomic E-state index is 10.7. The van der Waals surface area contributed by atoms with Crippen molar-refractivity contribution in [3.63, 3.8) is 0 Å². The summed E-state index contributed by atoms with van der Waals surface area (Å²) in [6, 6.07) is -0.615. The van der Waals surface area contributed by atoms with E-state index in [2.05, 4.69) is 15.5 Å². The number of hydrogen-bond acceptors (Lipinski definition) is 3. The summed E-state index contributed by atoms with van der Waals surface area (Å²) in [6.07, 6.45) is 2.53. The number of fused-ring (bicyclic) bond motifs is 1. The highest BCUT2D eigenvalue weighted by Crippen LogP contribution is 2.19. The van der Waals surface area contributed by atoms with Gasteiger partial charge in [-0.05, 0) is 12.0 Å². The summed E-state index contributed by atoms with van der Waals surface area (Å²) in [5.74, 6) is -0.861. The molecule has 0 bridgehead atoms. The van der Waals surface area contributed by atoms with Gasteiger partial charge >= 0.3 is 5.97 Å². The Hall–Kier alpha value is -1.36. The molecular weight excluding hydrogens is 158 g/mol. The van der Waals surface area contributed by atoms with E-state index in [4.69, 9.17) is 5.11 Å². The van der Waals surface area contributed by atoms with Gasteiger partial charge in [0.2, 0.25) is 0 Å². The molecule has 0 fully saturated rings. The predicted molar refractivity (Wildman–Crippen MR) is 40.7 cm³/mol. The Bertz CT molecular complexity index is 307. The lowest BCUT2D eigenvalue weighted by Crippen LogP contribution is -2.34. The Kier molecular flexibility index (Phi) is 1.58. The van der Waals surface area contributed by atoms with E-state index in [1.54, 1.807) is 6.20 Å². The van der Waals surface area contributed by atoms with Gasteiger partial charge in [-0.15, -0.1) is 0 Å². The first kappa shape index (κ1) is 7.30. The number of aliphatic carboxylic acids is 1. The van der Waals surface area contributed by atoms with Crippen LogP contribution < -0.4 is 5.32 Å². The summed E-state index contributed by atoms with van der Waals surface area (Å²) >= 11 is 0. The zero-order valence-corrected chi connectivity index (χ0v) is 6.37. The normalized spacial score (nSPS) is 21.8. The quantitative estimate of drug-likeness (QED) is 0.535. The average molecular weight is 167 g/mol. The lowest BCUT2D eigenvalue weighted by Gasteiger charge is -2.19. The molecule has 0 aliphatic carbocycles. The summed E-state index contributed by atoms with van der Waals surface area (Å²) in [5.41, 5.74) is 1.69. The van der Waals surface area contributed by atoms with E-state index >= 15 is 0 Å². The van der Waals surface area contributed by atoms with Crippen LogP contribution in [0.15, 0.2) is 6.20 Å². The van der Waals surface area contributed by atoms with Gasteiger partial charge in [0, 0.05) is 6.54 Å². The first-order chi connectivity index (χ1) is 5.79. The molecule has 0 saturated heterocycles. The number of H-pyrrole nitrogens is 1. The highest BCUT2D eigenvalue weighted by Gasteiger charge is 2.26. The van der Waals surface area contributed by atoms with Crippen molar-refractivity contribution in [2.45, 2.75) is 12.5 Å². The molecule has 12 heavy (non-hydrogen) atoms. The van der Waals surface area contributed by atoms with Crippen LogP contribution in [0, 0.1) is 0 Å². The Balaban J connectivity index is 2.37. The van der Waals surface area contributed by atoms with Gasteiger partial charge in [0.15, 0.2) is 0 Å². The summed E-state index contributed by atoms with van der Waals surface area (Å²) < 4.78 is 0. The van der Waals surface area contributed by atoms with Gasteiger partial charge in [-0.1, -0.05) is 0 Å². The van der Waals surface area contributed by atoms with Crippen molar-refractivity contribution < 1.29 is 9.90 Å². The molecule has 1 aliphatic rings. The fourth-order valence-electron chi connectivity index (χ4n) is 1.43. The lowest BCUT2D eigenvalue weighted by molar-refractivity contribution is -0.139. The first-order valence-electron chi connectivity index (χ1n) is 3.77. The van der Waals surface area contributed by atoms with Crippen LogP contribution in [0.3, 0.4) is 0 Å². The van der Waals surface area contributed by atoms with Gasteiger partial charge in [-0.25, -0.2) is 0 Å². The largest absolute Gasteiger partial charge is 0.480 e. The number of carboxylic acids is 1. The Morgan fingerprint density at radius 2 is 2.58 bits per heavy atom. The number of nitrogens with zero attached hydrogens (tertiary/aromatic N) is 1. The second-order valence-corrected chi connectivity index (χ2v) is 2.78. The topological polar surface area (TPSA) is 78.0 Å². The molecule has 1 unspecified atom stereocenters. The van der Waals surface area contributed by atoms with Gasteiger partial charge < -0.3 is 5.11 Å². The number of rotatable bonds is 1. The summed E-state index contributed by atoms with van der Waals surface area (Å²) in [6.45, 7) is 0.698. The SMILES string of the molecule is O=C(O)C1NCCc2cn[nH]c21. The van der Waals surface area contributed by atoms with Gasteiger partial charge in [0.05, 0.1) is 11.9 Å². The first-order valence-corrected chi connectivity index (χ1v) is 3.77. The highest BCUT2D eigenvalue weighted by molar-refractivity contribution is 5.75. The van der Waals surface area contributed by atoms with Crippen molar-refractivity contribution in [2.75, 3.05) is 6.54 Å². The summed E-state index contributed by atoms with van der Waals surface area (Å²) in [5, 5.41) is 18.2. The van der Waals surface area contributed by atoms with Crippen LogP contribution in [0.1, 0.15) is 17.3 Å². The molecule has 2 heterocycles. The average Bonchev–Trinajstić information content (AvgIpc) is 2.49. The van der Waals surface area contributed by atoms with E-state index < -0.39 is 12.0 Å². The van der Waals surface area contributed by atoms with Gasteiger partial charge in [-0.2, -0.15) is 5.10 Å². The Morgan fingerprint density at radius 1 is 1.75 bits per heavy atom. The molecule has 0 spiro atoms. The van der Waals surface area contributed by atoms with E-state index in [1.165, 1.54) is 0 Å². The minimum atomic E-state index is -0.861. The van der Waals surface area contributed by atoms with E-state index in [0.29, 0.717) is 12.2 Å². The molecule has 0 amide bonds. The van der Waals surface area contributed by atoms with Crippen LogP contribution in [0.4, 0.5) is 0 Å². The number of carboxylic acid groups (broad SMARTS) is 1. The third-order valence-electron chi connectivity index (χ3n) is 2.03. The molecule has 0 aromatic carbocycles. The maximum Gasteiger partial charge on any atom is 0.326 e. The molecule has 3 N–H and O–H groups in total. The van der Waals surface area contributed by atoms with Crippen molar-refractivity contribution in [3.05, 3.63) is 17.5 Å². The van der Waals surface area contributed by atoms with Crippen LogP contribution in [0.25, 0.3) is 0 Å². The molecule has 2 rings (SSSR count). The van der Waals surface area contributed by atoms with Crippen LogP contribution in [-0.4, -0.2) is 27.8 Å². The number of carbonyl (C=O) groups is 1. The molecule has 1 aromatic rings. The minimum absolute atomic E-state index is 0.615. The van der Waals surface area contributed by atoms with Crippen LogP contribution in [0.2, 0.25) is 0 Å². The van der Waals surface area contributed by atoms with Crippen LogP contribution in [0.5, 0.6) is 0 Å². The minimum Gasteiger partial charge on any atom is -0.480 e. The third-order valence-corrected chi connectivity index (χ3v) is 2.03. The second kappa shape index (κ2) is 2.60. The number of nitrogens with one attached hydrogen (secondary N) is 2. The second-order valence-electron chi connectivity index (χ2n) is 2.78. The number of hydrogen-bond donors (Lipinski definition) is 3. The zero-order chi connectivity index (χ0) is 8.55. The highest BCUT2D eigenvalue weighted by atomic mass is 16.4. The monoisotopic (exact) mass is 167 g/mol. The molecule has 0 saturated carbocycles. The summed E-state index contributed by atoms with van der Waals surface area (Å²) in [4.78, 5) is 10.7. The van der Waals surface area contributed by atoms with Crippen molar-refractivity contribution in [2.24, 2.45) is 0 Å². The fraction of sp³-hybridized carbons (Fsp3) is 0.429. The van der Waals surface area contributed by atoms with Gasteiger partial charge in [-0.3, -0.25) is 15.2 Å². The molecule has 5 nitrogen and oxygen atoms in total. The summed E-state index contributed by atoms with van der Waals surface area (Å²) in [7, 11) is 0. The smallest absolute Gasteiger partial charge is 0.326 e. The van der Waals surface area contributed by atoms with E-state index in [0.717, 1.165) is 12.0 Å². The number of aromatic nitrogens is 2. The molecule has 0 radical (unpaired) electrons. The Morgan fingerprint density at radius 3 is 3.33 bits per heavy atom. The standard InChI is InChI=1S/C7H9N3O2/c11-7(12)6-5-4(1-2-8-6)3-9-10-5/h3,6,8H,1-2H2,(H,9,10)(H,11,12). The van der Waals surface area contributed by atoms with Crippen molar-refractivity contribution in [1.29, 1.82) is 0 Å².